The fourth-order valence-electron chi connectivity index (χ4n) is 1.21. The first-order valence-electron chi connectivity index (χ1n) is 3.89. The molecule has 1 aromatic heterocycles. The van der Waals surface area contributed by atoms with Crippen molar-refractivity contribution in [2.75, 3.05) is 5.73 Å². The average molecular weight is 211 g/mol. The van der Waals surface area contributed by atoms with Crippen molar-refractivity contribution >= 4 is 17.5 Å². The Hall–Kier alpha value is -1.68. The highest BCUT2D eigenvalue weighted by Gasteiger charge is 2.16. The molecule has 0 amide bonds. The molecule has 5 heteroatoms. The van der Waals surface area contributed by atoms with Crippen LogP contribution in [0.25, 0.3) is 11.1 Å². The third kappa shape index (κ3) is 1.29. The van der Waals surface area contributed by atoms with Crippen molar-refractivity contribution in [3.8, 4) is 16.9 Å². The van der Waals surface area contributed by atoms with Gasteiger partial charge < -0.3 is 15.4 Å². The number of phenols is 1. The van der Waals surface area contributed by atoms with E-state index in [4.69, 9.17) is 17.3 Å². The van der Waals surface area contributed by atoms with E-state index >= 15 is 0 Å². The quantitative estimate of drug-likeness (QED) is 0.758. The molecule has 0 aliphatic rings. The zero-order chi connectivity index (χ0) is 10.1. The summed E-state index contributed by atoms with van der Waals surface area (Å²) in [5.41, 5.74) is 6.45. The van der Waals surface area contributed by atoms with E-state index in [0.717, 1.165) is 0 Å². The molecule has 0 bridgehead atoms. The molecule has 0 fully saturated rings. The maximum Gasteiger partial charge on any atom is 0.231 e. The van der Waals surface area contributed by atoms with E-state index in [-0.39, 0.29) is 16.8 Å². The standard InChI is InChI=1S/C9H7ClN2O2/c10-8-7(9(11)14-12-8)5-3-1-2-4-6(5)13/h1-4,13H,11H2. The van der Waals surface area contributed by atoms with Crippen LogP contribution in [0.15, 0.2) is 28.8 Å². The van der Waals surface area contributed by atoms with Crippen LogP contribution in [0.5, 0.6) is 5.75 Å². The molecule has 0 saturated heterocycles. The smallest absolute Gasteiger partial charge is 0.231 e. The van der Waals surface area contributed by atoms with Crippen LogP contribution in [0.1, 0.15) is 0 Å². The van der Waals surface area contributed by atoms with E-state index < -0.39 is 0 Å². The number of rotatable bonds is 1. The van der Waals surface area contributed by atoms with Crippen molar-refractivity contribution in [2.24, 2.45) is 0 Å². The summed E-state index contributed by atoms with van der Waals surface area (Å²) < 4.78 is 4.69. The lowest BCUT2D eigenvalue weighted by molar-refractivity contribution is 0.437. The highest BCUT2D eigenvalue weighted by Crippen LogP contribution is 2.37. The van der Waals surface area contributed by atoms with Gasteiger partial charge in [-0.25, -0.2) is 0 Å². The summed E-state index contributed by atoms with van der Waals surface area (Å²) in [6, 6.07) is 6.69. The van der Waals surface area contributed by atoms with E-state index in [9.17, 15) is 5.11 Å². The minimum absolute atomic E-state index is 0.0873. The van der Waals surface area contributed by atoms with Gasteiger partial charge in [0, 0.05) is 5.56 Å². The fraction of sp³-hybridized carbons (Fsp3) is 0. The first-order valence-corrected chi connectivity index (χ1v) is 4.27. The van der Waals surface area contributed by atoms with E-state index in [1.54, 1.807) is 18.2 Å². The number of para-hydroxylation sites is 1. The lowest BCUT2D eigenvalue weighted by Crippen LogP contribution is -1.85. The Morgan fingerprint density at radius 2 is 2.07 bits per heavy atom. The summed E-state index contributed by atoms with van der Waals surface area (Å²) in [7, 11) is 0. The summed E-state index contributed by atoms with van der Waals surface area (Å²) >= 11 is 5.76. The predicted octanol–water partition coefficient (Wildman–Crippen LogP) is 2.28. The van der Waals surface area contributed by atoms with Crippen LogP contribution in [0.2, 0.25) is 5.15 Å². The second-order valence-electron chi connectivity index (χ2n) is 2.73. The average Bonchev–Trinajstić information content (AvgIpc) is 2.48. The Labute approximate surface area is 84.9 Å². The number of phenolic OH excluding ortho intramolecular Hbond substituents is 1. The Kier molecular flexibility index (Phi) is 2.05. The summed E-state index contributed by atoms with van der Waals surface area (Å²) in [6.45, 7) is 0. The number of nitrogens with two attached hydrogens (primary N) is 1. The summed E-state index contributed by atoms with van der Waals surface area (Å²) in [4.78, 5) is 0. The number of benzene rings is 1. The highest BCUT2D eigenvalue weighted by atomic mass is 35.5. The molecular formula is C9H7ClN2O2. The molecule has 3 N–H and O–H groups in total. The van der Waals surface area contributed by atoms with Gasteiger partial charge in [-0.15, -0.1) is 0 Å². The largest absolute Gasteiger partial charge is 0.507 e. The second-order valence-corrected chi connectivity index (χ2v) is 3.09. The molecule has 0 unspecified atom stereocenters. The Morgan fingerprint density at radius 3 is 2.64 bits per heavy atom. The normalized spacial score (nSPS) is 10.4. The monoisotopic (exact) mass is 210 g/mol. The lowest BCUT2D eigenvalue weighted by Gasteiger charge is -2.01. The van der Waals surface area contributed by atoms with Crippen LogP contribution in [0, 0.1) is 0 Å². The third-order valence-corrected chi connectivity index (χ3v) is 2.11. The van der Waals surface area contributed by atoms with Crippen molar-refractivity contribution in [2.45, 2.75) is 0 Å². The first kappa shape index (κ1) is 8.90. The van der Waals surface area contributed by atoms with Gasteiger partial charge in [0.05, 0.1) is 5.56 Å². The van der Waals surface area contributed by atoms with Crippen LogP contribution >= 0.6 is 11.6 Å². The lowest BCUT2D eigenvalue weighted by atomic mass is 10.1. The molecule has 72 valence electrons. The van der Waals surface area contributed by atoms with Gasteiger partial charge in [-0.1, -0.05) is 35.0 Å². The van der Waals surface area contributed by atoms with Gasteiger partial charge in [0.25, 0.3) is 0 Å². The van der Waals surface area contributed by atoms with E-state index in [2.05, 4.69) is 9.68 Å². The van der Waals surface area contributed by atoms with Crippen LogP contribution < -0.4 is 5.73 Å². The van der Waals surface area contributed by atoms with Crippen molar-refractivity contribution in [1.29, 1.82) is 0 Å². The summed E-state index contributed by atoms with van der Waals surface area (Å²) in [5, 5.41) is 13.2. The molecule has 1 heterocycles. The maximum atomic E-state index is 9.55. The molecule has 0 radical (unpaired) electrons. The van der Waals surface area contributed by atoms with Gasteiger partial charge in [0.2, 0.25) is 5.88 Å². The summed E-state index contributed by atoms with van der Waals surface area (Å²) in [5.74, 6) is 0.181. The van der Waals surface area contributed by atoms with Gasteiger partial charge in [-0.05, 0) is 6.07 Å². The topological polar surface area (TPSA) is 72.3 Å². The van der Waals surface area contributed by atoms with Crippen LogP contribution in [-0.2, 0) is 0 Å². The molecule has 2 aromatic rings. The fourth-order valence-corrected chi connectivity index (χ4v) is 1.44. The maximum absolute atomic E-state index is 9.55. The molecule has 0 atom stereocenters. The number of aromatic nitrogens is 1. The second kappa shape index (κ2) is 3.23. The third-order valence-electron chi connectivity index (χ3n) is 1.85. The van der Waals surface area contributed by atoms with E-state index in [0.29, 0.717) is 11.1 Å². The number of aromatic hydroxyl groups is 1. The Morgan fingerprint density at radius 1 is 1.36 bits per heavy atom. The van der Waals surface area contributed by atoms with E-state index in [1.807, 2.05) is 0 Å². The van der Waals surface area contributed by atoms with Gasteiger partial charge in [-0.2, -0.15) is 0 Å². The molecule has 0 saturated carbocycles. The van der Waals surface area contributed by atoms with E-state index in [1.165, 1.54) is 6.07 Å². The minimum Gasteiger partial charge on any atom is -0.507 e. The van der Waals surface area contributed by atoms with Crippen molar-refractivity contribution in [1.82, 2.24) is 5.16 Å². The zero-order valence-corrected chi connectivity index (χ0v) is 7.82. The number of nitrogen functional groups attached to an aromatic ring is 1. The molecule has 4 nitrogen and oxygen atoms in total. The predicted molar refractivity (Wildman–Crippen MR) is 53.0 cm³/mol. The summed E-state index contributed by atoms with van der Waals surface area (Å²) in [6.07, 6.45) is 0. The molecule has 1 aromatic carbocycles. The molecule has 14 heavy (non-hydrogen) atoms. The van der Waals surface area contributed by atoms with Gasteiger partial charge in [0.15, 0.2) is 5.15 Å². The highest BCUT2D eigenvalue weighted by molar-refractivity contribution is 6.32. The minimum atomic E-state index is 0.0873. The molecule has 0 aliphatic carbocycles. The Bertz CT molecular complexity index is 448. The number of anilines is 1. The molecule has 2 rings (SSSR count). The number of hydrogen-bond acceptors (Lipinski definition) is 4. The number of nitrogens with zero attached hydrogens (tertiary/aromatic N) is 1. The van der Waals surface area contributed by atoms with Crippen LogP contribution in [0.3, 0.4) is 0 Å². The zero-order valence-electron chi connectivity index (χ0n) is 7.07. The molecular weight excluding hydrogens is 204 g/mol. The first-order chi connectivity index (χ1) is 6.70. The number of halogens is 1. The van der Waals surface area contributed by atoms with Crippen molar-refractivity contribution in [3.63, 3.8) is 0 Å². The van der Waals surface area contributed by atoms with Crippen LogP contribution in [-0.4, -0.2) is 10.3 Å². The van der Waals surface area contributed by atoms with Gasteiger partial charge in [-0.3, -0.25) is 0 Å². The number of hydrogen-bond donors (Lipinski definition) is 2. The van der Waals surface area contributed by atoms with Gasteiger partial charge >= 0.3 is 0 Å². The Balaban J connectivity index is 2.66. The van der Waals surface area contributed by atoms with Crippen LogP contribution in [0.4, 0.5) is 5.88 Å². The molecule has 0 spiro atoms. The van der Waals surface area contributed by atoms with Crippen molar-refractivity contribution in [3.05, 3.63) is 29.4 Å². The van der Waals surface area contributed by atoms with Gasteiger partial charge in [0.1, 0.15) is 5.75 Å². The molecule has 0 aliphatic heterocycles. The van der Waals surface area contributed by atoms with Crippen molar-refractivity contribution < 1.29 is 9.63 Å². The SMILES string of the molecule is Nc1onc(Cl)c1-c1ccccc1O.